The van der Waals surface area contributed by atoms with E-state index in [9.17, 15) is 15.8 Å². The van der Waals surface area contributed by atoms with Crippen molar-refractivity contribution < 1.29 is 0 Å². The Balaban J connectivity index is 2.19. The Labute approximate surface area is 168 Å². The number of halogens is 1. The van der Waals surface area contributed by atoms with Crippen LogP contribution in [0.15, 0.2) is 40.4 Å². The van der Waals surface area contributed by atoms with Gasteiger partial charge in [-0.15, -0.1) is 0 Å². The first-order valence-electron chi connectivity index (χ1n) is 9.01. The minimum atomic E-state index is -1.63. The molecule has 1 saturated carbocycles. The second-order valence-corrected chi connectivity index (χ2v) is 8.02. The predicted octanol–water partition coefficient (Wildman–Crippen LogP) is 4.01. The molecule has 0 bridgehead atoms. The van der Waals surface area contributed by atoms with Crippen LogP contribution in [0.5, 0.6) is 0 Å². The highest BCUT2D eigenvalue weighted by Gasteiger charge is 2.56. The number of nitrogens with one attached hydrogen (secondary N) is 1. The number of hydrogen-bond acceptors (Lipinski definition) is 5. The average molecular weight is 422 g/mol. The highest BCUT2D eigenvalue weighted by atomic mass is 79.9. The van der Waals surface area contributed by atoms with Gasteiger partial charge in [0.2, 0.25) is 5.41 Å². The molecule has 3 atom stereocenters. The van der Waals surface area contributed by atoms with Gasteiger partial charge in [-0.05, 0) is 36.2 Å². The molecule has 0 aromatic heterocycles. The van der Waals surface area contributed by atoms with E-state index in [0.717, 1.165) is 23.0 Å². The number of benzene rings is 1. The molecule has 136 valence electrons. The molecule has 1 N–H and O–H groups in total. The van der Waals surface area contributed by atoms with Crippen LogP contribution in [-0.2, 0) is 0 Å². The van der Waals surface area contributed by atoms with Crippen LogP contribution in [0.2, 0.25) is 0 Å². The van der Waals surface area contributed by atoms with Crippen molar-refractivity contribution >= 4 is 21.6 Å². The van der Waals surface area contributed by atoms with E-state index in [4.69, 9.17) is 5.41 Å². The summed E-state index contributed by atoms with van der Waals surface area (Å²) in [6.07, 6.45) is 2.96. The molecule has 27 heavy (non-hydrogen) atoms. The van der Waals surface area contributed by atoms with E-state index in [1.54, 1.807) is 0 Å². The van der Waals surface area contributed by atoms with Gasteiger partial charge in [0.1, 0.15) is 0 Å². The van der Waals surface area contributed by atoms with Gasteiger partial charge in [0.15, 0.2) is 0 Å². The van der Waals surface area contributed by atoms with Gasteiger partial charge in [0.05, 0.1) is 29.8 Å². The summed E-state index contributed by atoms with van der Waals surface area (Å²) in [5.74, 6) is -1.19. The topological polar surface area (TPSA) is 98.5 Å². The van der Waals surface area contributed by atoms with E-state index in [1.807, 2.05) is 30.3 Å². The summed E-state index contributed by atoms with van der Waals surface area (Å²) in [6.45, 7) is 4.40. The smallest absolute Gasteiger partial charge is 0.203 e. The zero-order chi connectivity index (χ0) is 19.6. The van der Waals surface area contributed by atoms with Crippen LogP contribution in [0.25, 0.3) is 0 Å². The molecule has 0 unspecified atom stereocenters. The molecule has 1 heterocycles. The van der Waals surface area contributed by atoms with Crippen molar-refractivity contribution in [2.45, 2.75) is 19.3 Å². The molecule has 3 rings (SSSR count). The second-order valence-electron chi connectivity index (χ2n) is 7.10. The number of nitrogens with zero attached hydrogens (tertiary/aromatic N) is 4. The Kier molecular flexibility index (Phi) is 5.47. The molecule has 1 aliphatic heterocycles. The van der Waals surface area contributed by atoms with E-state index in [-0.39, 0.29) is 17.5 Å². The summed E-state index contributed by atoms with van der Waals surface area (Å²) in [5, 5.41) is 38.2. The van der Waals surface area contributed by atoms with Crippen LogP contribution < -0.4 is 0 Å². The summed E-state index contributed by atoms with van der Waals surface area (Å²) in [7, 11) is 0. The van der Waals surface area contributed by atoms with E-state index in [1.165, 1.54) is 0 Å². The minimum Gasteiger partial charge on any atom is -0.305 e. The largest absolute Gasteiger partial charge is 0.305 e. The molecule has 0 amide bonds. The van der Waals surface area contributed by atoms with Gasteiger partial charge in [0.25, 0.3) is 0 Å². The Hall–Kier alpha value is -2.46. The SMILES string of the molecule is CCCN1CC=C2[C@@H](C1)[C@H](c1cccc(Br)c1)[C@@H](C#N)C(=N)C2(C#N)C#N. The van der Waals surface area contributed by atoms with E-state index < -0.39 is 11.3 Å². The summed E-state index contributed by atoms with van der Waals surface area (Å²) in [5.41, 5.74) is -0.0709. The fourth-order valence-corrected chi connectivity index (χ4v) is 4.84. The molecule has 1 aliphatic carbocycles. The fraction of sp³-hybridized carbons (Fsp3) is 0.429. The Morgan fingerprint density at radius 1 is 1.30 bits per heavy atom. The van der Waals surface area contributed by atoms with Crippen LogP contribution in [-0.4, -0.2) is 30.2 Å². The third-order valence-corrected chi connectivity index (χ3v) is 6.11. The summed E-state index contributed by atoms with van der Waals surface area (Å²) >= 11 is 3.49. The van der Waals surface area contributed by atoms with Crippen molar-refractivity contribution in [2.75, 3.05) is 19.6 Å². The summed E-state index contributed by atoms with van der Waals surface area (Å²) in [4.78, 5) is 2.29. The highest BCUT2D eigenvalue weighted by Crippen LogP contribution is 2.52. The number of hydrogen-bond donors (Lipinski definition) is 1. The Bertz CT molecular complexity index is 900. The lowest BCUT2D eigenvalue weighted by molar-refractivity contribution is 0.210. The molecule has 1 aromatic rings. The predicted molar refractivity (Wildman–Crippen MR) is 106 cm³/mol. The quantitative estimate of drug-likeness (QED) is 0.745. The van der Waals surface area contributed by atoms with Gasteiger partial charge in [0, 0.05) is 29.4 Å². The van der Waals surface area contributed by atoms with Crippen LogP contribution in [0.1, 0.15) is 24.8 Å². The van der Waals surface area contributed by atoms with Crippen LogP contribution >= 0.6 is 15.9 Å². The second kappa shape index (κ2) is 7.65. The third-order valence-electron chi connectivity index (χ3n) is 5.61. The maximum Gasteiger partial charge on any atom is 0.203 e. The van der Waals surface area contributed by atoms with Crippen LogP contribution in [0.3, 0.4) is 0 Å². The van der Waals surface area contributed by atoms with Crippen molar-refractivity contribution in [1.29, 1.82) is 21.2 Å². The van der Waals surface area contributed by atoms with Crippen molar-refractivity contribution in [2.24, 2.45) is 17.3 Å². The van der Waals surface area contributed by atoms with Gasteiger partial charge >= 0.3 is 0 Å². The molecular weight excluding hydrogens is 402 g/mol. The van der Waals surface area contributed by atoms with Gasteiger partial charge in [-0.2, -0.15) is 15.8 Å². The molecule has 0 radical (unpaired) electrons. The Morgan fingerprint density at radius 3 is 2.63 bits per heavy atom. The number of fused-ring (bicyclic) bond motifs is 1. The molecule has 0 saturated heterocycles. The van der Waals surface area contributed by atoms with Gasteiger partial charge < -0.3 is 5.41 Å². The minimum absolute atomic E-state index is 0.0913. The lowest BCUT2D eigenvalue weighted by Crippen LogP contribution is -2.52. The Morgan fingerprint density at radius 2 is 2.04 bits per heavy atom. The monoisotopic (exact) mass is 421 g/mol. The standard InChI is InChI=1S/C21H20BrN5/c1-2-7-27-8-6-18-17(11-27)19(14-4-3-5-15(22)9-14)16(10-23)20(26)21(18,12-24)13-25/h3-6,9,16-17,19,26H,2,7-8,11H2,1H3/t16-,17-,19-/m1/s1. The molecule has 2 aliphatic rings. The molecule has 1 aromatic carbocycles. The van der Waals surface area contributed by atoms with Crippen LogP contribution in [0, 0.1) is 56.7 Å². The first kappa shape index (κ1) is 19.3. The highest BCUT2D eigenvalue weighted by molar-refractivity contribution is 9.10. The zero-order valence-electron chi connectivity index (χ0n) is 15.1. The van der Waals surface area contributed by atoms with Crippen LogP contribution in [0.4, 0.5) is 0 Å². The van der Waals surface area contributed by atoms with E-state index >= 15 is 0 Å². The van der Waals surface area contributed by atoms with Crippen molar-refractivity contribution in [3.8, 4) is 18.2 Å². The van der Waals surface area contributed by atoms with Gasteiger partial charge in [-0.3, -0.25) is 4.90 Å². The van der Waals surface area contributed by atoms with Gasteiger partial charge in [-0.25, -0.2) is 0 Å². The molecule has 6 heteroatoms. The fourth-order valence-electron chi connectivity index (χ4n) is 4.43. The first-order valence-corrected chi connectivity index (χ1v) is 9.81. The first-order chi connectivity index (χ1) is 13.0. The number of rotatable bonds is 3. The lowest BCUT2D eigenvalue weighted by atomic mass is 9.55. The summed E-state index contributed by atoms with van der Waals surface area (Å²) < 4.78 is 0.910. The molecule has 0 spiro atoms. The zero-order valence-corrected chi connectivity index (χ0v) is 16.7. The van der Waals surface area contributed by atoms with Gasteiger partial charge in [-0.1, -0.05) is 41.1 Å². The molecule has 5 nitrogen and oxygen atoms in total. The van der Waals surface area contributed by atoms with E-state index in [0.29, 0.717) is 18.7 Å². The normalized spacial score (nSPS) is 26.9. The molecule has 1 fully saturated rings. The van der Waals surface area contributed by atoms with Crippen molar-refractivity contribution in [3.05, 3.63) is 46.0 Å². The van der Waals surface area contributed by atoms with E-state index in [2.05, 4.69) is 46.0 Å². The maximum absolute atomic E-state index is 9.89. The maximum atomic E-state index is 9.89. The lowest BCUT2D eigenvalue weighted by Gasteiger charge is -2.47. The third kappa shape index (κ3) is 3.08. The summed E-state index contributed by atoms with van der Waals surface area (Å²) in [6, 6.07) is 14.2. The van der Waals surface area contributed by atoms with Crippen molar-refractivity contribution in [3.63, 3.8) is 0 Å². The average Bonchev–Trinajstić information content (AvgIpc) is 2.68. The van der Waals surface area contributed by atoms with Crippen molar-refractivity contribution in [1.82, 2.24) is 4.90 Å². The number of nitriles is 3. The molecular formula is C21H20BrN5.